The number of ether oxygens (including phenoxy) is 2. The summed E-state index contributed by atoms with van der Waals surface area (Å²) in [6.07, 6.45) is 0. The number of benzene rings is 1. The molecule has 2 rings (SSSR count). The summed E-state index contributed by atoms with van der Waals surface area (Å²) in [4.78, 5) is 0. The monoisotopic (exact) mass is 250 g/mol. The van der Waals surface area contributed by atoms with E-state index in [1.165, 1.54) is 5.56 Å². The van der Waals surface area contributed by atoms with Crippen LogP contribution in [-0.4, -0.2) is 32.4 Å². The van der Waals surface area contributed by atoms with Gasteiger partial charge in [-0.3, -0.25) is 10.9 Å². The van der Waals surface area contributed by atoms with Crippen LogP contribution in [0.25, 0.3) is 0 Å². The van der Waals surface area contributed by atoms with Gasteiger partial charge in [0.05, 0.1) is 19.3 Å². The minimum atomic E-state index is 0.308. The van der Waals surface area contributed by atoms with Crippen LogP contribution in [0.4, 0.5) is 0 Å². The highest BCUT2D eigenvalue weighted by molar-refractivity contribution is 5.32. The molecule has 0 aromatic heterocycles. The number of rotatable bonds is 5. The van der Waals surface area contributed by atoms with Crippen molar-refractivity contribution in [2.24, 2.45) is 0 Å². The van der Waals surface area contributed by atoms with Gasteiger partial charge in [-0.25, -0.2) is 0 Å². The van der Waals surface area contributed by atoms with Crippen molar-refractivity contribution < 1.29 is 9.47 Å². The smallest absolute Gasteiger partial charge is 0.119 e. The van der Waals surface area contributed by atoms with Crippen LogP contribution >= 0.6 is 0 Å². The van der Waals surface area contributed by atoms with Gasteiger partial charge in [0.15, 0.2) is 0 Å². The van der Waals surface area contributed by atoms with E-state index in [4.69, 9.17) is 9.47 Å². The van der Waals surface area contributed by atoms with Crippen molar-refractivity contribution in [2.75, 3.05) is 20.3 Å². The van der Waals surface area contributed by atoms with Gasteiger partial charge in [-0.15, -0.1) is 0 Å². The van der Waals surface area contributed by atoms with Crippen LogP contribution in [0.15, 0.2) is 24.3 Å². The van der Waals surface area contributed by atoms with Crippen molar-refractivity contribution >= 4 is 0 Å². The van der Waals surface area contributed by atoms with Gasteiger partial charge >= 0.3 is 0 Å². The normalized spacial score (nSPS) is 27.4. The molecule has 2 N–H and O–H groups in total. The van der Waals surface area contributed by atoms with Crippen LogP contribution in [0.5, 0.6) is 5.75 Å². The summed E-state index contributed by atoms with van der Waals surface area (Å²) in [5.74, 6) is 1.34. The Hall–Kier alpha value is -1.10. The summed E-state index contributed by atoms with van der Waals surface area (Å²) >= 11 is 0. The second kappa shape index (κ2) is 6.18. The highest BCUT2D eigenvalue weighted by Gasteiger charge is 2.33. The Morgan fingerprint density at radius 3 is 2.50 bits per heavy atom. The fourth-order valence-corrected chi connectivity index (χ4v) is 2.57. The first-order valence-corrected chi connectivity index (χ1v) is 6.49. The first kappa shape index (κ1) is 13.3. The molecule has 100 valence electrons. The number of hydrazine groups is 1. The summed E-state index contributed by atoms with van der Waals surface area (Å²) in [6.45, 7) is 5.59. The molecule has 0 saturated carbocycles. The Labute approximate surface area is 109 Å². The molecule has 1 aromatic rings. The highest BCUT2D eigenvalue weighted by Crippen LogP contribution is 2.28. The van der Waals surface area contributed by atoms with Gasteiger partial charge in [-0.1, -0.05) is 12.1 Å². The van der Waals surface area contributed by atoms with E-state index in [2.05, 4.69) is 29.9 Å². The van der Waals surface area contributed by atoms with Crippen LogP contribution in [0, 0.1) is 0 Å². The molecule has 0 bridgehead atoms. The zero-order valence-corrected chi connectivity index (χ0v) is 11.3. The Kier molecular flexibility index (Phi) is 4.58. The van der Waals surface area contributed by atoms with Crippen LogP contribution < -0.4 is 15.6 Å². The zero-order valence-electron chi connectivity index (χ0n) is 11.3. The molecule has 1 fully saturated rings. The number of hydrogen-bond donors (Lipinski definition) is 2. The lowest BCUT2D eigenvalue weighted by Gasteiger charge is -2.21. The van der Waals surface area contributed by atoms with E-state index in [9.17, 15) is 0 Å². The molecule has 18 heavy (non-hydrogen) atoms. The van der Waals surface area contributed by atoms with Crippen LogP contribution in [0.3, 0.4) is 0 Å². The summed E-state index contributed by atoms with van der Waals surface area (Å²) < 4.78 is 10.7. The molecule has 1 aliphatic heterocycles. The molecule has 0 spiro atoms. The number of hydrogen-bond acceptors (Lipinski definition) is 4. The second-order valence-electron chi connectivity index (χ2n) is 4.67. The topological polar surface area (TPSA) is 42.5 Å². The van der Waals surface area contributed by atoms with Crippen molar-refractivity contribution in [3.8, 4) is 5.75 Å². The average Bonchev–Trinajstić information content (AvgIpc) is 2.73. The fraction of sp³-hybridized carbons (Fsp3) is 0.571. The average molecular weight is 250 g/mol. The van der Waals surface area contributed by atoms with Crippen molar-refractivity contribution in [2.45, 2.75) is 31.8 Å². The van der Waals surface area contributed by atoms with E-state index in [-0.39, 0.29) is 0 Å². The summed E-state index contributed by atoms with van der Waals surface area (Å²) in [6, 6.07) is 9.06. The molecule has 1 aromatic carbocycles. The van der Waals surface area contributed by atoms with Gasteiger partial charge < -0.3 is 9.47 Å². The molecular formula is C14H22N2O2. The van der Waals surface area contributed by atoms with E-state index < -0.39 is 0 Å². The Morgan fingerprint density at radius 1 is 1.17 bits per heavy atom. The number of nitrogens with one attached hydrogen (secondary N) is 2. The first-order chi connectivity index (χ1) is 8.76. The van der Waals surface area contributed by atoms with Crippen LogP contribution in [0.2, 0.25) is 0 Å². The van der Waals surface area contributed by atoms with E-state index >= 15 is 0 Å². The third kappa shape index (κ3) is 2.83. The maximum atomic E-state index is 5.47. The van der Waals surface area contributed by atoms with Gasteiger partial charge in [0.1, 0.15) is 5.75 Å². The van der Waals surface area contributed by atoms with Gasteiger partial charge in [0.2, 0.25) is 0 Å². The van der Waals surface area contributed by atoms with Crippen LogP contribution in [0.1, 0.15) is 25.3 Å². The van der Waals surface area contributed by atoms with Crippen molar-refractivity contribution in [3.63, 3.8) is 0 Å². The molecule has 0 amide bonds. The lowest BCUT2D eigenvalue weighted by atomic mass is 9.88. The first-order valence-electron chi connectivity index (χ1n) is 6.49. The SMILES string of the molecule is CCOc1ccc(C2C(C)NNC2COC)cc1. The Bertz CT molecular complexity index is 365. The summed E-state index contributed by atoms with van der Waals surface area (Å²) in [7, 11) is 1.74. The standard InChI is InChI=1S/C14H22N2O2/c1-4-18-12-7-5-11(6-8-12)14-10(2)15-16-13(14)9-17-3/h5-8,10,13-16H,4,9H2,1-3H3. The van der Waals surface area contributed by atoms with Gasteiger partial charge in [0, 0.05) is 19.1 Å². The highest BCUT2D eigenvalue weighted by atomic mass is 16.5. The molecular weight excluding hydrogens is 228 g/mol. The maximum absolute atomic E-state index is 5.47. The van der Waals surface area contributed by atoms with Crippen LogP contribution in [-0.2, 0) is 4.74 Å². The molecule has 4 nitrogen and oxygen atoms in total. The van der Waals surface area contributed by atoms with Gasteiger partial charge in [0.25, 0.3) is 0 Å². The molecule has 1 aliphatic rings. The lowest BCUT2D eigenvalue weighted by molar-refractivity contribution is 0.165. The molecule has 4 heteroatoms. The molecule has 1 heterocycles. The second-order valence-corrected chi connectivity index (χ2v) is 4.67. The predicted octanol–water partition coefficient (Wildman–Crippen LogP) is 1.68. The van der Waals surface area contributed by atoms with E-state index in [1.807, 2.05) is 19.1 Å². The third-order valence-corrected chi connectivity index (χ3v) is 3.39. The molecule has 0 aliphatic carbocycles. The largest absolute Gasteiger partial charge is 0.494 e. The zero-order chi connectivity index (χ0) is 13.0. The minimum Gasteiger partial charge on any atom is -0.494 e. The number of methoxy groups -OCH3 is 1. The third-order valence-electron chi connectivity index (χ3n) is 3.39. The molecule has 0 radical (unpaired) electrons. The maximum Gasteiger partial charge on any atom is 0.119 e. The van der Waals surface area contributed by atoms with E-state index in [0.29, 0.717) is 31.2 Å². The molecule has 1 saturated heterocycles. The Balaban J connectivity index is 2.12. The summed E-state index contributed by atoms with van der Waals surface area (Å²) in [5.41, 5.74) is 7.88. The van der Waals surface area contributed by atoms with E-state index in [1.54, 1.807) is 7.11 Å². The minimum absolute atomic E-state index is 0.308. The fourth-order valence-electron chi connectivity index (χ4n) is 2.57. The molecule has 3 atom stereocenters. The quantitative estimate of drug-likeness (QED) is 0.834. The van der Waals surface area contributed by atoms with E-state index in [0.717, 1.165) is 5.75 Å². The van der Waals surface area contributed by atoms with Gasteiger partial charge in [-0.05, 0) is 31.5 Å². The molecule has 3 unspecified atom stereocenters. The van der Waals surface area contributed by atoms with Gasteiger partial charge in [-0.2, -0.15) is 0 Å². The van der Waals surface area contributed by atoms with Crippen molar-refractivity contribution in [1.82, 2.24) is 10.9 Å². The lowest BCUT2D eigenvalue weighted by Crippen LogP contribution is -2.35. The van der Waals surface area contributed by atoms with Crippen molar-refractivity contribution in [3.05, 3.63) is 29.8 Å². The summed E-state index contributed by atoms with van der Waals surface area (Å²) in [5, 5.41) is 0. The predicted molar refractivity (Wildman–Crippen MR) is 71.7 cm³/mol. The van der Waals surface area contributed by atoms with Crippen molar-refractivity contribution in [1.29, 1.82) is 0 Å². The Morgan fingerprint density at radius 2 is 1.89 bits per heavy atom.